The van der Waals surface area contributed by atoms with E-state index in [4.69, 9.17) is 5.73 Å². The lowest BCUT2D eigenvalue weighted by Crippen LogP contribution is -2.09. The average molecular weight is 210 g/mol. The second-order valence-corrected chi connectivity index (χ2v) is 4.62. The number of rotatable bonds is 2. The van der Waals surface area contributed by atoms with E-state index in [0.717, 1.165) is 5.69 Å². The van der Waals surface area contributed by atoms with Gasteiger partial charge in [0.1, 0.15) is 4.88 Å². The molecule has 1 heterocycles. The quantitative estimate of drug-likeness (QED) is 0.814. The van der Waals surface area contributed by atoms with Crippen LogP contribution in [0.25, 0.3) is 0 Å². The van der Waals surface area contributed by atoms with E-state index in [-0.39, 0.29) is 5.91 Å². The van der Waals surface area contributed by atoms with Gasteiger partial charge in [-0.05, 0) is 30.4 Å². The number of primary amides is 1. The van der Waals surface area contributed by atoms with Gasteiger partial charge < -0.3 is 5.73 Å². The van der Waals surface area contributed by atoms with E-state index >= 15 is 0 Å². The molecule has 1 saturated carbocycles. The number of nitrogens with two attached hydrogens (primary N) is 1. The van der Waals surface area contributed by atoms with Gasteiger partial charge in [0.2, 0.25) is 0 Å². The molecule has 0 aromatic carbocycles. The summed E-state index contributed by atoms with van der Waals surface area (Å²) in [6.07, 6.45) is 6.33. The van der Waals surface area contributed by atoms with E-state index in [1.54, 1.807) is 0 Å². The number of hydrogen-bond donors (Lipinski definition) is 1. The predicted molar refractivity (Wildman–Crippen MR) is 56.5 cm³/mol. The third-order valence-corrected chi connectivity index (χ3v) is 3.61. The maximum absolute atomic E-state index is 10.9. The highest BCUT2D eigenvalue weighted by atomic mass is 32.1. The number of hydrogen-bond acceptors (Lipinski definition) is 3. The van der Waals surface area contributed by atoms with Gasteiger partial charge in [-0.15, -0.1) is 0 Å². The first-order chi connectivity index (χ1) is 6.77. The van der Waals surface area contributed by atoms with E-state index in [9.17, 15) is 4.79 Å². The van der Waals surface area contributed by atoms with E-state index < -0.39 is 0 Å². The maximum atomic E-state index is 10.9. The highest BCUT2D eigenvalue weighted by molar-refractivity contribution is 7.08. The number of amides is 1. The maximum Gasteiger partial charge on any atom is 0.260 e. The highest BCUT2D eigenvalue weighted by Gasteiger charge is 2.19. The molecule has 1 aromatic heterocycles. The fraction of sp³-hybridized carbons (Fsp3) is 0.600. The van der Waals surface area contributed by atoms with Crippen molar-refractivity contribution in [1.82, 2.24) is 4.37 Å². The van der Waals surface area contributed by atoms with Crippen LogP contribution in [0.4, 0.5) is 0 Å². The van der Waals surface area contributed by atoms with E-state index in [1.807, 2.05) is 6.07 Å². The minimum absolute atomic E-state index is 0.357. The van der Waals surface area contributed by atoms with Gasteiger partial charge in [0, 0.05) is 5.92 Å². The molecule has 1 aliphatic rings. The Bertz CT molecular complexity index is 329. The number of aromatic nitrogens is 1. The minimum Gasteiger partial charge on any atom is -0.365 e. The molecule has 0 unspecified atom stereocenters. The van der Waals surface area contributed by atoms with Crippen LogP contribution in [0, 0.1) is 0 Å². The van der Waals surface area contributed by atoms with Crippen LogP contribution in [0.1, 0.15) is 53.4 Å². The molecule has 1 aromatic rings. The van der Waals surface area contributed by atoms with Crippen LogP contribution in [0.15, 0.2) is 6.07 Å². The Balaban J connectivity index is 2.11. The Hall–Kier alpha value is -0.900. The molecule has 0 bridgehead atoms. The molecule has 0 radical (unpaired) electrons. The van der Waals surface area contributed by atoms with E-state index in [2.05, 4.69) is 4.37 Å². The molecule has 3 nitrogen and oxygen atoms in total. The van der Waals surface area contributed by atoms with Crippen LogP contribution in [-0.4, -0.2) is 10.3 Å². The van der Waals surface area contributed by atoms with E-state index in [0.29, 0.717) is 10.8 Å². The Morgan fingerprint density at radius 3 is 2.71 bits per heavy atom. The summed E-state index contributed by atoms with van der Waals surface area (Å²) in [6.45, 7) is 0. The summed E-state index contributed by atoms with van der Waals surface area (Å²) in [5.41, 5.74) is 6.26. The van der Waals surface area contributed by atoms with Crippen molar-refractivity contribution in [3.05, 3.63) is 16.6 Å². The normalized spacial score (nSPS) is 18.3. The second kappa shape index (κ2) is 4.09. The van der Waals surface area contributed by atoms with Crippen molar-refractivity contribution >= 4 is 17.4 Å². The highest BCUT2D eigenvalue weighted by Crippen LogP contribution is 2.32. The van der Waals surface area contributed by atoms with Gasteiger partial charge in [-0.3, -0.25) is 4.79 Å². The van der Waals surface area contributed by atoms with Gasteiger partial charge in [-0.2, -0.15) is 4.37 Å². The van der Waals surface area contributed by atoms with Crippen molar-refractivity contribution in [3.63, 3.8) is 0 Å². The Morgan fingerprint density at radius 2 is 2.14 bits per heavy atom. The predicted octanol–water partition coefficient (Wildman–Crippen LogP) is 2.29. The smallest absolute Gasteiger partial charge is 0.260 e. The van der Waals surface area contributed by atoms with Gasteiger partial charge >= 0.3 is 0 Å². The van der Waals surface area contributed by atoms with Crippen LogP contribution in [0.5, 0.6) is 0 Å². The summed E-state index contributed by atoms with van der Waals surface area (Å²) in [5.74, 6) is 0.206. The van der Waals surface area contributed by atoms with Gasteiger partial charge in [-0.25, -0.2) is 0 Å². The largest absolute Gasteiger partial charge is 0.365 e. The van der Waals surface area contributed by atoms with Crippen LogP contribution >= 0.6 is 11.5 Å². The first-order valence-corrected chi connectivity index (χ1v) is 5.81. The van der Waals surface area contributed by atoms with Crippen LogP contribution in [-0.2, 0) is 0 Å². The molecule has 0 aliphatic heterocycles. The zero-order chi connectivity index (χ0) is 9.97. The van der Waals surface area contributed by atoms with Crippen molar-refractivity contribution in [1.29, 1.82) is 0 Å². The minimum atomic E-state index is -0.357. The van der Waals surface area contributed by atoms with Crippen LogP contribution in [0.2, 0.25) is 0 Å². The molecule has 0 spiro atoms. The van der Waals surface area contributed by atoms with Crippen molar-refractivity contribution in [2.24, 2.45) is 5.73 Å². The third kappa shape index (κ3) is 1.95. The molecular formula is C10H14N2OS. The van der Waals surface area contributed by atoms with Gasteiger partial charge in [0.05, 0.1) is 5.69 Å². The van der Waals surface area contributed by atoms with Crippen molar-refractivity contribution in [2.75, 3.05) is 0 Å². The summed E-state index contributed by atoms with van der Waals surface area (Å²) in [6, 6.07) is 1.86. The summed E-state index contributed by atoms with van der Waals surface area (Å²) < 4.78 is 4.30. The molecular weight excluding hydrogens is 196 g/mol. The molecule has 1 aliphatic carbocycles. The lowest BCUT2D eigenvalue weighted by atomic mass is 9.87. The molecule has 14 heavy (non-hydrogen) atoms. The summed E-state index contributed by atoms with van der Waals surface area (Å²) in [5, 5.41) is 0. The average Bonchev–Trinajstić information content (AvgIpc) is 2.68. The van der Waals surface area contributed by atoms with Gasteiger partial charge in [-0.1, -0.05) is 19.3 Å². The lowest BCUT2D eigenvalue weighted by molar-refractivity contribution is 0.100. The molecule has 76 valence electrons. The summed E-state index contributed by atoms with van der Waals surface area (Å²) >= 11 is 1.23. The van der Waals surface area contributed by atoms with Crippen molar-refractivity contribution in [2.45, 2.75) is 38.0 Å². The molecule has 4 heteroatoms. The summed E-state index contributed by atoms with van der Waals surface area (Å²) in [7, 11) is 0. The second-order valence-electron chi connectivity index (χ2n) is 3.82. The van der Waals surface area contributed by atoms with E-state index in [1.165, 1.54) is 43.6 Å². The molecule has 0 atom stereocenters. The molecule has 1 fully saturated rings. The number of carbonyl (C=O) groups excluding carboxylic acids is 1. The third-order valence-electron chi connectivity index (χ3n) is 2.79. The monoisotopic (exact) mass is 210 g/mol. The Morgan fingerprint density at radius 1 is 1.43 bits per heavy atom. The first-order valence-electron chi connectivity index (χ1n) is 5.04. The molecule has 0 saturated heterocycles. The first kappa shape index (κ1) is 9.65. The standard InChI is InChI=1S/C10H14N2OS/c11-10(13)9-6-8(12-14-9)7-4-2-1-3-5-7/h6-7H,1-5H2,(H2,11,13). The zero-order valence-corrected chi connectivity index (χ0v) is 8.85. The fourth-order valence-corrected chi connectivity index (χ4v) is 2.66. The zero-order valence-electron chi connectivity index (χ0n) is 8.03. The summed E-state index contributed by atoms with van der Waals surface area (Å²) in [4.78, 5) is 11.5. The van der Waals surface area contributed by atoms with Crippen LogP contribution < -0.4 is 5.73 Å². The topological polar surface area (TPSA) is 56.0 Å². The van der Waals surface area contributed by atoms with Crippen LogP contribution in [0.3, 0.4) is 0 Å². The molecule has 2 rings (SSSR count). The molecule has 1 amide bonds. The van der Waals surface area contributed by atoms with Gasteiger partial charge in [0.15, 0.2) is 0 Å². The fourth-order valence-electron chi connectivity index (χ4n) is 2.00. The number of carbonyl (C=O) groups is 1. The van der Waals surface area contributed by atoms with Gasteiger partial charge in [0.25, 0.3) is 5.91 Å². The number of nitrogens with zero attached hydrogens (tertiary/aromatic N) is 1. The molecule has 2 N–H and O–H groups in total. The Labute approximate surface area is 87.5 Å². The SMILES string of the molecule is NC(=O)c1cc(C2CCCCC2)ns1. The van der Waals surface area contributed by atoms with Crippen molar-refractivity contribution in [3.8, 4) is 0 Å². The lowest BCUT2D eigenvalue weighted by Gasteiger charge is -2.19. The van der Waals surface area contributed by atoms with Crippen molar-refractivity contribution < 1.29 is 4.79 Å². The Kier molecular flexibility index (Phi) is 2.82.